The van der Waals surface area contributed by atoms with Crippen LogP contribution in [0.1, 0.15) is 15.9 Å². The van der Waals surface area contributed by atoms with Gasteiger partial charge in [0.2, 0.25) is 0 Å². The maximum atomic E-state index is 12.2. The quantitative estimate of drug-likeness (QED) is 0.928. The lowest BCUT2D eigenvalue weighted by Crippen LogP contribution is -2.12. The van der Waals surface area contributed by atoms with Crippen LogP contribution in [0.5, 0.6) is 11.5 Å². The molecule has 0 atom stereocenters. The number of ether oxygens (including phenoxy) is 2. The Morgan fingerprint density at radius 3 is 2.30 bits per heavy atom. The summed E-state index contributed by atoms with van der Waals surface area (Å²) < 4.78 is 10.3. The molecule has 1 N–H and O–H groups in total. The maximum absolute atomic E-state index is 12.2. The van der Waals surface area contributed by atoms with Crippen LogP contribution in [0, 0.1) is 6.92 Å². The van der Waals surface area contributed by atoms with Crippen LogP contribution in [0.3, 0.4) is 0 Å². The Labute approximate surface area is 118 Å². The fourth-order valence-corrected chi connectivity index (χ4v) is 1.86. The van der Waals surface area contributed by atoms with Crippen molar-refractivity contribution in [3.8, 4) is 11.5 Å². The van der Waals surface area contributed by atoms with Gasteiger partial charge in [0.1, 0.15) is 11.5 Å². The highest BCUT2D eigenvalue weighted by molar-refractivity contribution is 6.05. The third-order valence-electron chi connectivity index (χ3n) is 2.96. The average Bonchev–Trinajstić information content (AvgIpc) is 2.47. The van der Waals surface area contributed by atoms with Crippen molar-refractivity contribution in [3.05, 3.63) is 53.6 Å². The minimum absolute atomic E-state index is 0.184. The average molecular weight is 271 g/mol. The van der Waals surface area contributed by atoms with Gasteiger partial charge in [-0.15, -0.1) is 0 Å². The number of amides is 1. The first-order valence-electron chi connectivity index (χ1n) is 6.24. The van der Waals surface area contributed by atoms with E-state index in [4.69, 9.17) is 9.47 Å². The molecule has 0 aromatic heterocycles. The van der Waals surface area contributed by atoms with E-state index in [1.54, 1.807) is 38.5 Å². The van der Waals surface area contributed by atoms with Gasteiger partial charge in [0, 0.05) is 5.56 Å². The number of methoxy groups -OCH3 is 2. The molecule has 1 amide bonds. The van der Waals surface area contributed by atoms with E-state index in [1.165, 1.54) is 0 Å². The summed E-state index contributed by atoms with van der Waals surface area (Å²) in [4.78, 5) is 12.2. The topological polar surface area (TPSA) is 47.6 Å². The molecule has 0 aliphatic carbocycles. The van der Waals surface area contributed by atoms with Crippen molar-refractivity contribution in [2.24, 2.45) is 0 Å². The molecule has 104 valence electrons. The number of nitrogens with one attached hydrogen (secondary N) is 1. The molecular weight excluding hydrogens is 254 g/mol. The molecule has 20 heavy (non-hydrogen) atoms. The van der Waals surface area contributed by atoms with Crippen molar-refractivity contribution in [3.63, 3.8) is 0 Å². The van der Waals surface area contributed by atoms with Gasteiger partial charge >= 0.3 is 0 Å². The van der Waals surface area contributed by atoms with E-state index in [9.17, 15) is 4.79 Å². The predicted molar refractivity (Wildman–Crippen MR) is 78.7 cm³/mol. The number of rotatable bonds is 4. The van der Waals surface area contributed by atoms with Crippen molar-refractivity contribution >= 4 is 11.6 Å². The van der Waals surface area contributed by atoms with E-state index in [0.29, 0.717) is 17.0 Å². The standard InChI is InChI=1S/C16H17NO3/c1-11-4-9-15(20-3)14(10-11)17-16(18)12-5-7-13(19-2)8-6-12/h4-10H,1-3H3,(H,17,18). The molecule has 2 aromatic carbocycles. The summed E-state index contributed by atoms with van der Waals surface area (Å²) in [7, 11) is 3.17. The fraction of sp³-hybridized carbons (Fsp3) is 0.188. The highest BCUT2D eigenvalue weighted by atomic mass is 16.5. The number of anilines is 1. The Hall–Kier alpha value is -2.49. The zero-order valence-electron chi connectivity index (χ0n) is 11.8. The minimum atomic E-state index is -0.184. The molecule has 2 rings (SSSR count). The number of carbonyl (C=O) groups excluding carboxylic acids is 1. The smallest absolute Gasteiger partial charge is 0.255 e. The molecule has 0 heterocycles. The molecule has 4 heteroatoms. The van der Waals surface area contributed by atoms with Gasteiger partial charge in [0.15, 0.2) is 0 Å². The summed E-state index contributed by atoms with van der Waals surface area (Å²) >= 11 is 0. The Kier molecular flexibility index (Phi) is 4.25. The van der Waals surface area contributed by atoms with Crippen molar-refractivity contribution in [2.75, 3.05) is 19.5 Å². The summed E-state index contributed by atoms with van der Waals surface area (Å²) in [5.74, 6) is 1.17. The van der Waals surface area contributed by atoms with E-state index in [1.807, 2.05) is 25.1 Å². The number of benzene rings is 2. The lowest BCUT2D eigenvalue weighted by atomic mass is 10.1. The number of hydrogen-bond acceptors (Lipinski definition) is 3. The zero-order valence-corrected chi connectivity index (χ0v) is 11.8. The highest BCUT2D eigenvalue weighted by Crippen LogP contribution is 2.25. The van der Waals surface area contributed by atoms with Crippen molar-refractivity contribution in [2.45, 2.75) is 6.92 Å². The van der Waals surface area contributed by atoms with Crippen LogP contribution in [0.15, 0.2) is 42.5 Å². The van der Waals surface area contributed by atoms with Crippen LogP contribution in [-0.4, -0.2) is 20.1 Å². The van der Waals surface area contributed by atoms with Crippen molar-refractivity contribution in [1.29, 1.82) is 0 Å². The van der Waals surface area contributed by atoms with Crippen LogP contribution in [0.2, 0.25) is 0 Å². The first kappa shape index (κ1) is 13.9. The van der Waals surface area contributed by atoms with Gasteiger partial charge in [-0.05, 0) is 48.9 Å². The second-order valence-electron chi connectivity index (χ2n) is 4.39. The summed E-state index contributed by atoms with van der Waals surface area (Å²) in [6.45, 7) is 1.96. The summed E-state index contributed by atoms with van der Waals surface area (Å²) in [5, 5.41) is 2.85. The molecule has 0 saturated carbocycles. The van der Waals surface area contributed by atoms with E-state index in [0.717, 1.165) is 11.3 Å². The minimum Gasteiger partial charge on any atom is -0.497 e. The Bertz CT molecular complexity index is 606. The highest BCUT2D eigenvalue weighted by Gasteiger charge is 2.10. The largest absolute Gasteiger partial charge is 0.497 e. The van der Waals surface area contributed by atoms with E-state index in [2.05, 4.69) is 5.32 Å². The van der Waals surface area contributed by atoms with Gasteiger partial charge in [-0.3, -0.25) is 4.79 Å². The summed E-state index contributed by atoms with van der Waals surface area (Å²) in [6.07, 6.45) is 0. The number of hydrogen-bond donors (Lipinski definition) is 1. The second-order valence-corrected chi connectivity index (χ2v) is 4.39. The molecule has 0 fully saturated rings. The molecular formula is C16H17NO3. The SMILES string of the molecule is COc1ccc(C(=O)Nc2cc(C)ccc2OC)cc1. The first-order chi connectivity index (χ1) is 9.63. The van der Waals surface area contributed by atoms with Crippen LogP contribution in [0.4, 0.5) is 5.69 Å². The number of aryl methyl sites for hydroxylation is 1. The zero-order chi connectivity index (χ0) is 14.5. The van der Waals surface area contributed by atoms with Gasteiger partial charge in [-0.1, -0.05) is 6.07 Å². The van der Waals surface area contributed by atoms with Crippen LogP contribution in [-0.2, 0) is 0 Å². The molecule has 4 nitrogen and oxygen atoms in total. The molecule has 0 aliphatic heterocycles. The normalized spacial score (nSPS) is 9.95. The monoisotopic (exact) mass is 271 g/mol. The molecule has 0 aliphatic rings. The number of carbonyl (C=O) groups is 1. The lowest BCUT2D eigenvalue weighted by Gasteiger charge is -2.11. The van der Waals surface area contributed by atoms with Gasteiger partial charge < -0.3 is 14.8 Å². The summed E-state index contributed by atoms with van der Waals surface area (Å²) in [6, 6.07) is 12.6. The Morgan fingerprint density at radius 1 is 1.00 bits per heavy atom. The molecule has 0 saturated heterocycles. The fourth-order valence-electron chi connectivity index (χ4n) is 1.86. The molecule has 0 radical (unpaired) electrons. The van der Waals surface area contributed by atoms with Gasteiger partial charge in [0.25, 0.3) is 5.91 Å². The van der Waals surface area contributed by atoms with Crippen molar-refractivity contribution in [1.82, 2.24) is 0 Å². The van der Waals surface area contributed by atoms with Gasteiger partial charge in [0.05, 0.1) is 19.9 Å². The predicted octanol–water partition coefficient (Wildman–Crippen LogP) is 3.26. The molecule has 0 bridgehead atoms. The van der Waals surface area contributed by atoms with Crippen LogP contribution < -0.4 is 14.8 Å². The Balaban J connectivity index is 2.20. The Morgan fingerprint density at radius 2 is 1.70 bits per heavy atom. The van der Waals surface area contributed by atoms with Gasteiger partial charge in [-0.2, -0.15) is 0 Å². The first-order valence-corrected chi connectivity index (χ1v) is 6.24. The van der Waals surface area contributed by atoms with Gasteiger partial charge in [-0.25, -0.2) is 0 Å². The van der Waals surface area contributed by atoms with E-state index >= 15 is 0 Å². The van der Waals surface area contributed by atoms with Crippen LogP contribution >= 0.6 is 0 Å². The lowest BCUT2D eigenvalue weighted by molar-refractivity contribution is 0.102. The van der Waals surface area contributed by atoms with E-state index in [-0.39, 0.29) is 5.91 Å². The third kappa shape index (κ3) is 3.09. The molecule has 0 spiro atoms. The summed E-state index contributed by atoms with van der Waals surface area (Å²) in [5.41, 5.74) is 2.28. The maximum Gasteiger partial charge on any atom is 0.255 e. The van der Waals surface area contributed by atoms with E-state index < -0.39 is 0 Å². The third-order valence-corrected chi connectivity index (χ3v) is 2.96. The van der Waals surface area contributed by atoms with Crippen molar-refractivity contribution < 1.29 is 14.3 Å². The second kappa shape index (κ2) is 6.10. The molecule has 2 aromatic rings. The molecule has 0 unspecified atom stereocenters. The van der Waals surface area contributed by atoms with Crippen LogP contribution in [0.25, 0.3) is 0 Å².